The number of pyridine rings is 1. The van der Waals surface area contributed by atoms with Crippen LogP contribution in [-0.2, 0) is 16.1 Å². The van der Waals surface area contributed by atoms with Crippen LogP contribution in [0.15, 0.2) is 73.2 Å². The molecule has 0 bridgehead atoms. The minimum atomic E-state index is -0.457. The van der Waals surface area contributed by atoms with Crippen molar-refractivity contribution in [3.05, 3.63) is 95.4 Å². The molecule has 176 valence electrons. The van der Waals surface area contributed by atoms with E-state index in [1.54, 1.807) is 24.4 Å². The summed E-state index contributed by atoms with van der Waals surface area (Å²) in [7, 11) is 5.39. The third-order valence-electron chi connectivity index (χ3n) is 5.83. The SMILES string of the molecule is COC(=O)c1ccc2c(c1)NC(=O)/C2=C(\Nc1ccc(CN(C)C)cc1)c1ccc2nccn2c1. The second kappa shape index (κ2) is 9.08. The van der Waals surface area contributed by atoms with Crippen LogP contribution < -0.4 is 10.6 Å². The number of fused-ring (bicyclic) bond motifs is 2. The topological polar surface area (TPSA) is 88.0 Å². The quantitative estimate of drug-likeness (QED) is 0.328. The normalized spacial score (nSPS) is 14.1. The first kappa shape index (κ1) is 22.4. The highest BCUT2D eigenvalue weighted by Gasteiger charge is 2.29. The van der Waals surface area contributed by atoms with E-state index < -0.39 is 5.97 Å². The molecule has 0 aliphatic carbocycles. The van der Waals surface area contributed by atoms with E-state index in [1.807, 2.05) is 55.2 Å². The fourth-order valence-electron chi connectivity index (χ4n) is 4.22. The average molecular weight is 468 g/mol. The lowest BCUT2D eigenvalue weighted by Crippen LogP contribution is -2.11. The molecule has 0 unspecified atom stereocenters. The van der Waals surface area contributed by atoms with Crippen molar-refractivity contribution < 1.29 is 14.3 Å². The number of hydrogen-bond donors (Lipinski definition) is 2. The van der Waals surface area contributed by atoms with Gasteiger partial charge in [-0.15, -0.1) is 0 Å². The second-order valence-electron chi connectivity index (χ2n) is 8.63. The van der Waals surface area contributed by atoms with E-state index in [4.69, 9.17) is 4.74 Å². The minimum Gasteiger partial charge on any atom is -0.465 e. The summed E-state index contributed by atoms with van der Waals surface area (Å²) < 4.78 is 6.73. The fourth-order valence-corrected chi connectivity index (χ4v) is 4.22. The molecule has 0 saturated heterocycles. The van der Waals surface area contributed by atoms with Gasteiger partial charge >= 0.3 is 5.97 Å². The summed E-state index contributed by atoms with van der Waals surface area (Å²) in [5, 5.41) is 6.37. The molecule has 3 heterocycles. The van der Waals surface area contributed by atoms with Crippen LogP contribution in [0.1, 0.15) is 27.0 Å². The molecule has 0 fully saturated rings. The molecule has 1 amide bonds. The maximum Gasteiger partial charge on any atom is 0.337 e. The van der Waals surface area contributed by atoms with E-state index in [0.717, 1.165) is 23.4 Å². The number of aromatic nitrogens is 2. The van der Waals surface area contributed by atoms with E-state index in [1.165, 1.54) is 12.7 Å². The summed E-state index contributed by atoms with van der Waals surface area (Å²) in [6.45, 7) is 0.837. The maximum atomic E-state index is 13.2. The Kier molecular flexibility index (Phi) is 5.80. The molecule has 8 nitrogen and oxygen atoms in total. The van der Waals surface area contributed by atoms with Gasteiger partial charge in [-0.05, 0) is 56.1 Å². The molecule has 0 atom stereocenters. The van der Waals surface area contributed by atoms with E-state index in [-0.39, 0.29) is 5.91 Å². The van der Waals surface area contributed by atoms with Gasteiger partial charge in [-0.2, -0.15) is 0 Å². The van der Waals surface area contributed by atoms with Crippen LogP contribution in [0.2, 0.25) is 0 Å². The molecule has 0 radical (unpaired) electrons. The monoisotopic (exact) mass is 467 g/mol. The zero-order valence-corrected chi connectivity index (χ0v) is 19.7. The van der Waals surface area contributed by atoms with Crippen LogP contribution in [0.25, 0.3) is 16.9 Å². The van der Waals surface area contributed by atoms with Gasteiger partial charge in [-0.25, -0.2) is 9.78 Å². The summed E-state index contributed by atoms with van der Waals surface area (Å²) in [6.07, 6.45) is 5.53. The Bertz CT molecular complexity index is 1470. The number of nitrogens with zero attached hydrogens (tertiary/aromatic N) is 3. The van der Waals surface area contributed by atoms with Crippen LogP contribution in [0.5, 0.6) is 0 Å². The first-order valence-electron chi connectivity index (χ1n) is 11.1. The van der Waals surface area contributed by atoms with Gasteiger partial charge in [0.05, 0.1) is 29.6 Å². The molecule has 8 heteroatoms. The zero-order chi connectivity index (χ0) is 24.5. The molecular weight excluding hydrogens is 442 g/mol. The summed E-state index contributed by atoms with van der Waals surface area (Å²) in [5.41, 5.74) is 6.47. The molecule has 2 aromatic heterocycles. The van der Waals surface area contributed by atoms with Crippen LogP contribution >= 0.6 is 0 Å². The number of ether oxygens (including phenoxy) is 1. The molecule has 0 spiro atoms. The van der Waals surface area contributed by atoms with Crippen molar-refractivity contribution >= 4 is 40.2 Å². The number of hydrogen-bond acceptors (Lipinski definition) is 6. The molecular formula is C27H25N5O3. The summed E-state index contributed by atoms with van der Waals surface area (Å²) in [4.78, 5) is 31.6. The van der Waals surface area contributed by atoms with Crippen LogP contribution in [-0.4, -0.2) is 47.4 Å². The largest absolute Gasteiger partial charge is 0.465 e. The van der Waals surface area contributed by atoms with Gasteiger partial charge in [0.2, 0.25) is 0 Å². The molecule has 1 aliphatic heterocycles. The van der Waals surface area contributed by atoms with Crippen molar-refractivity contribution in [2.45, 2.75) is 6.54 Å². The molecule has 5 rings (SSSR count). The highest BCUT2D eigenvalue weighted by molar-refractivity contribution is 6.37. The smallest absolute Gasteiger partial charge is 0.337 e. The Morgan fingerprint density at radius 1 is 1.09 bits per heavy atom. The van der Waals surface area contributed by atoms with Crippen LogP contribution in [0.4, 0.5) is 11.4 Å². The Labute approximate surface area is 202 Å². The lowest BCUT2D eigenvalue weighted by atomic mass is 9.99. The number of carbonyl (C=O) groups excluding carboxylic acids is 2. The van der Waals surface area contributed by atoms with E-state index >= 15 is 0 Å². The zero-order valence-electron chi connectivity index (χ0n) is 19.7. The number of carbonyl (C=O) groups is 2. The molecule has 2 aromatic carbocycles. The van der Waals surface area contributed by atoms with Crippen LogP contribution in [0, 0.1) is 0 Å². The standard InChI is InChI=1S/C27H25N5O3/c1-31(2)15-17-4-8-20(9-5-17)29-25(19-7-11-23-28-12-13-32(23)16-19)24-21-10-6-18(27(34)35-3)14-22(21)30-26(24)33/h4-14,16,29H,15H2,1-3H3,(H,30,33)/b25-24-. The number of amides is 1. The summed E-state index contributed by atoms with van der Waals surface area (Å²) >= 11 is 0. The van der Waals surface area contributed by atoms with Crippen molar-refractivity contribution in [1.29, 1.82) is 0 Å². The van der Waals surface area contributed by atoms with Gasteiger partial charge in [0.25, 0.3) is 5.91 Å². The van der Waals surface area contributed by atoms with Crippen LogP contribution in [0.3, 0.4) is 0 Å². The number of imidazole rings is 1. The minimum absolute atomic E-state index is 0.250. The first-order valence-corrected chi connectivity index (χ1v) is 11.1. The van der Waals surface area contributed by atoms with Gasteiger partial charge in [-0.3, -0.25) is 4.79 Å². The van der Waals surface area contributed by atoms with Crippen molar-refractivity contribution in [2.24, 2.45) is 0 Å². The number of anilines is 2. The van der Waals surface area contributed by atoms with Gasteiger partial charge in [0.1, 0.15) is 5.65 Å². The number of esters is 1. The van der Waals surface area contributed by atoms with E-state index in [9.17, 15) is 9.59 Å². The predicted molar refractivity (Wildman–Crippen MR) is 136 cm³/mol. The Hall–Kier alpha value is -4.43. The third-order valence-corrected chi connectivity index (χ3v) is 5.83. The molecule has 4 aromatic rings. The van der Waals surface area contributed by atoms with Gasteiger partial charge in [0.15, 0.2) is 0 Å². The lowest BCUT2D eigenvalue weighted by molar-refractivity contribution is -0.110. The first-order chi connectivity index (χ1) is 16.9. The van der Waals surface area contributed by atoms with Gasteiger partial charge < -0.3 is 24.7 Å². The number of methoxy groups -OCH3 is 1. The third kappa shape index (κ3) is 4.39. The van der Waals surface area contributed by atoms with Gasteiger partial charge in [0, 0.05) is 41.9 Å². The van der Waals surface area contributed by atoms with Crippen molar-refractivity contribution in [2.75, 3.05) is 31.8 Å². The summed E-state index contributed by atoms with van der Waals surface area (Å²) in [5.74, 6) is -0.708. The fraction of sp³-hybridized carbons (Fsp3) is 0.148. The second-order valence-corrected chi connectivity index (χ2v) is 8.63. The lowest BCUT2D eigenvalue weighted by Gasteiger charge is -2.16. The average Bonchev–Trinajstić information content (AvgIpc) is 3.45. The number of benzene rings is 2. The molecule has 1 aliphatic rings. The maximum absolute atomic E-state index is 13.2. The van der Waals surface area contributed by atoms with Crippen molar-refractivity contribution in [3.8, 4) is 0 Å². The van der Waals surface area contributed by atoms with E-state index in [2.05, 4.69) is 32.7 Å². The molecule has 2 N–H and O–H groups in total. The van der Waals surface area contributed by atoms with E-state index in [0.29, 0.717) is 28.1 Å². The Balaban J connectivity index is 1.62. The molecule has 0 saturated carbocycles. The predicted octanol–water partition coefficient (Wildman–Crippen LogP) is 4.12. The van der Waals surface area contributed by atoms with Gasteiger partial charge in [-0.1, -0.05) is 18.2 Å². The van der Waals surface area contributed by atoms with Crippen molar-refractivity contribution in [3.63, 3.8) is 0 Å². The van der Waals surface area contributed by atoms with Crippen molar-refractivity contribution in [1.82, 2.24) is 14.3 Å². The highest BCUT2D eigenvalue weighted by atomic mass is 16.5. The number of nitrogens with one attached hydrogen (secondary N) is 2. The summed E-state index contributed by atoms with van der Waals surface area (Å²) in [6, 6.07) is 17.1. The highest BCUT2D eigenvalue weighted by Crippen LogP contribution is 2.38. The Morgan fingerprint density at radius 2 is 1.86 bits per heavy atom. The Morgan fingerprint density at radius 3 is 2.60 bits per heavy atom. The number of rotatable bonds is 6. The molecule has 35 heavy (non-hydrogen) atoms.